The minimum absolute atomic E-state index is 0.00937. The van der Waals surface area contributed by atoms with Crippen molar-refractivity contribution in [1.82, 2.24) is 0 Å². The van der Waals surface area contributed by atoms with Crippen LogP contribution < -0.4 is 0 Å². The predicted octanol–water partition coefficient (Wildman–Crippen LogP) is 4.79. The quantitative estimate of drug-likeness (QED) is 0.694. The first-order valence-corrected chi connectivity index (χ1v) is 11.0. The third kappa shape index (κ3) is 4.68. The molecule has 4 atom stereocenters. The van der Waals surface area contributed by atoms with Crippen LogP contribution in [-0.4, -0.2) is 28.1 Å². The summed E-state index contributed by atoms with van der Waals surface area (Å²) in [4.78, 5) is 18.4. The molecule has 3 rings (SSSR count). The predicted molar refractivity (Wildman–Crippen MR) is 107 cm³/mol. The first-order chi connectivity index (χ1) is 12.8. The molecular formula is C21H27O5P. The lowest BCUT2D eigenvalue weighted by Crippen LogP contribution is -2.31. The number of benzene rings is 2. The Labute approximate surface area is 160 Å². The fraction of sp³-hybridized carbons (Fsp3) is 0.429. The molecule has 27 heavy (non-hydrogen) atoms. The number of hydrogen-bond acceptors (Lipinski definition) is 3. The van der Waals surface area contributed by atoms with Crippen LogP contribution in [-0.2, 0) is 14.0 Å². The summed E-state index contributed by atoms with van der Waals surface area (Å²) >= 11 is 0. The molecule has 1 saturated heterocycles. The summed E-state index contributed by atoms with van der Waals surface area (Å²) in [5, 5.41) is 2.27. The first kappa shape index (κ1) is 20.2. The molecule has 0 bridgehead atoms. The standard InChI is InChI=1S/C21H27O5P/c1-4-16-20(18-11-7-9-15-8-5-6-10-17(15)18)26-19(12-13-27(22,23)24)21(16)25-14(2)3/h5-14,16,19-21H,4H2,1-3H3,(H2,22,23,24)/b13-12+/t16-,19+,20+,21-/m0/s1. The smallest absolute Gasteiger partial charge is 0.348 e. The third-order valence-electron chi connectivity index (χ3n) is 4.94. The molecule has 1 heterocycles. The van der Waals surface area contributed by atoms with Gasteiger partial charge in [0.25, 0.3) is 0 Å². The summed E-state index contributed by atoms with van der Waals surface area (Å²) in [7, 11) is -4.25. The van der Waals surface area contributed by atoms with Crippen LogP contribution in [0.2, 0.25) is 0 Å². The normalized spacial score (nSPS) is 26.4. The van der Waals surface area contributed by atoms with E-state index in [2.05, 4.69) is 31.2 Å². The SMILES string of the molecule is CC[C@@H]1[C@H](OC(C)C)[C@@H](/C=C/P(=O)(O)O)O[C@H]1c1cccc2ccccc12. The molecule has 0 spiro atoms. The van der Waals surface area contributed by atoms with Crippen LogP contribution in [0.25, 0.3) is 10.8 Å². The van der Waals surface area contributed by atoms with Crippen molar-refractivity contribution >= 4 is 18.4 Å². The third-order valence-corrected chi connectivity index (χ3v) is 5.50. The van der Waals surface area contributed by atoms with Crippen molar-refractivity contribution in [3.63, 3.8) is 0 Å². The van der Waals surface area contributed by atoms with E-state index in [-0.39, 0.29) is 24.2 Å². The Hall–Kier alpha value is -1.49. The molecule has 0 amide bonds. The lowest BCUT2D eigenvalue weighted by atomic mass is 9.87. The van der Waals surface area contributed by atoms with Gasteiger partial charge in [-0.1, -0.05) is 49.4 Å². The van der Waals surface area contributed by atoms with Gasteiger partial charge in [-0.25, -0.2) is 0 Å². The topological polar surface area (TPSA) is 76.0 Å². The van der Waals surface area contributed by atoms with Crippen molar-refractivity contribution in [1.29, 1.82) is 0 Å². The van der Waals surface area contributed by atoms with Crippen LogP contribution in [0.1, 0.15) is 38.9 Å². The Balaban J connectivity index is 2.02. The maximum atomic E-state index is 11.3. The molecule has 0 aliphatic carbocycles. The van der Waals surface area contributed by atoms with Gasteiger partial charge >= 0.3 is 7.60 Å². The zero-order valence-corrected chi connectivity index (χ0v) is 16.8. The van der Waals surface area contributed by atoms with E-state index in [1.54, 1.807) is 0 Å². The van der Waals surface area contributed by atoms with Crippen molar-refractivity contribution in [2.75, 3.05) is 0 Å². The summed E-state index contributed by atoms with van der Waals surface area (Å²) in [6, 6.07) is 14.3. The second kappa shape index (κ2) is 8.26. The van der Waals surface area contributed by atoms with E-state index in [1.807, 2.05) is 32.0 Å². The van der Waals surface area contributed by atoms with Crippen molar-refractivity contribution in [2.24, 2.45) is 5.92 Å². The highest BCUT2D eigenvalue weighted by molar-refractivity contribution is 7.55. The summed E-state index contributed by atoms with van der Waals surface area (Å²) in [5.41, 5.74) is 1.09. The number of ether oxygens (including phenoxy) is 2. The van der Waals surface area contributed by atoms with Gasteiger partial charge in [0, 0.05) is 11.7 Å². The van der Waals surface area contributed by atoms with Crippen molar-refractivity contribution in [3.05, 3.63) is 59.9 Å². The van der Waals surface area contributed by atoms with Gasteiger partial charge in [-0.05, 0) is 42.7 Å². The molecule has 2 aromatic rings. The summed E-state index contributed by atoms with van der Waals surface area (Å²) in [5.74, 6) is 1.01. The van der Waals surface area contributed by atoms with E-state index < -0.39 is 13.7 Å². The van der Waals surface area contributed by atoms with Gasteiger partial charge in [0.05, 0.1) is 18.3 Å². The fourth-order valence-corrected chi connectivity index (χ4v) is 4.25. The van der Waals surface area contributed by atoms with Crippen molar-refractivity contribution < 1.29 is 23.8 Å². The van der Waals surface area contributed by atoms with Crippen LogP contribution in [0.4, 0.5) is 0 Å². The van der Waals surface area contributed by atoms with E-state index in [4.69, 9.17) is 9.47 Å². The molecular weight excluding hydrogens is 363 g/mol. The molecule has 2 N–H and O–H groups in total. The molecule has 2 aromatic carbocycles. The lowest BCUT2D eigenvalue weighted by Gasteiger charge is -2.25. The maximum absolute atomic E-state index is 11.3. The maximum Gasteiger partial charge on any atom is 0.348 e. The van der Waals surface area contributed by atoms with Gasteiger partial charge in [-0.15, -0.1) is 0 Å². The molecule has 6 heteroatoms. The highest BCUT2D eigenvalue weighted by Crippen LogP contribution is 2.46. The van der Waals surface area contributed by atoms with Crippen LogP contribution in [0.3, 0.4) is 0 Å². The highest BCUT2D eigenvalue weighted by Gasteiger charge is 2.44. The summed E-state index contributed by atoms with van der Waals surface area (Å²) in [6.45, 7) is 6.02. The van der Waals surface area contributed by atoms with Crippen LogP contribution in [0, 0.1) is 5.92 Å². The molecule has 0 radical (unpaired) electrons. The Bertz CT molecular complexity index is 851. The Morgan fingerprint density at radius 2 is 1.89 bits per heavy atom. The minimum atomic E-state index is -4.25. The Kier molecular flexibility index (Phi) is 6.19. The summed E-state index contributed by atoms with van der Waals surface area (Å²) in [6.07, 6.45) is 1.32. The number of rotatable bonds is 6. The van der Waals surface area contributed by atoms with Gasteiger partial charge in [-0.2, -0.15) is 0 Å². The zero-order chi connectivity index (χ0) is 19.6. The monoisotopic (exact) mass is 390 g/mol. The number of hydrogen-bond donors (Lipinski definition) is 2. The fourth-order valence-electron chi connectivity index (χ4n) is 3.86. The molecule has 1 fully saturated rings. The Morgan fingerprint density at radius 1 is 1.19 bits per heavy atom. The van der Waals surface area contributed by atoms with E-state index in [1.165, 1.54) is 6.08 Å². The average Bonchev–Trinajstić information content (AvgIpc) is 2.95. The van der Waals surface area contributed by atoms with Crippen molar-refractivity contribution in [2.45, 2.75) is 51.6 Å². The van der Waals surface area contributed by atoms with E-state index in [0.717, 1.165) is 28.6 Å². The van der Waals surface area contributed by atoms with Crippen molar-refractivity contribution in [3.8, 4) is 0 Å². The van der Waals surface area contributed by atoms with E-state index in [9.17, 15) is 14.4 Å². The van der Waals surface area contributed by atoms with E-state index in [0.29, 0.717) is 0 Å². The lowest BCUT2D eigenvalue weighted by molar-refractivity contribution is -0.0350. The summed E-state index contributed by atoms with van der Waals surface area (Å²) < 4.78 is 23.7. The average molecular weight is 390 g/mol. The second-order valence-corrected chi connectivity index (χ2v) is 8.72. The van der Waals surface area contributed by atoms with Gasteiger partial charge in [0.2, 0.25) is 0 Å². The van der Waals surface area contributed by atoms with Crippen LogP contribution in [0.15, 0.2) is 54.4 Å². The molecule has 0 aromatic heterocycles. The van der Waals surface area contributed by atoms with Gasteiger partial charge in [0.1, 0.15) is 6.10 Å². The Morgan fingerprint density at radius 3 is 2.56 bits per heavy atom. The molecule has 5 nitrogen and oxygen atoms in total. The molecule has 146 valence electrons. The minimum Gasteiger partial charge on any atom is -0.372 e. The largest absolute Gasteiger partial charge is 0.372 e. The van der Waals surface area contributed by atoms with Gasteiger partial charge in [0.15, 0.2) is 0 Å². The van der Waals surface area contributed by atoms with Gasteiger partial charge in [-0.3, -0.25) is 4.57 Å². The van der Waals surface area contributed by atoms with Crippen LogP contribution >= 0.6 is 7.60 Å². The highest BCUT2D eigenvalue weighted by atomic mass is 31.2. The molecule has 1 aliphatic rings. The molecule has 0 unspecified atom stereocenters. The van der Waals surface area contributed by atoms with Gasteiger partial charge < -0.3 is 19.3 Å². The van der Waals surface area contributed by atoms with E-state index >= 15 is 0 Å². The molecule has 1 aliphatic heterocycles. The van der Waals surface area contributed by atoms with Crippen LogP contribution in [0.5, 0.6) is 0 Å². The molecule has 0 saturated carbocycles. The zero-order valence-electron chi connectivity index (χ0n) is 15.9. The first-order valence-electron chi connectivity index (χ1n) is 9.33. The number of fused-ring (bicyclic) bond motifs is 1. The second-order valence-electron chi connectivity index (χ2n) is 7.24.